The van der Waals surface area contributed by atoms with E-state index in [1.807, 2.05) is 26.0 Å². The van der Waals surface area contributed by atoms with Crippen molar-refractivity contribution in [3.63, 3.8) is 0 Å². The maximum atomic E-state index is 12.0. The number of carbonyl (C=O) groups is 1. The van der Waals surface area contributed by atoms with Gasteiger partial charge in [0.15, 0.2) is 6.61 Å². The number of ether oxygens (including phenoxy) is 1. The van der Waals surface area contributed by atoms with Crippen molar-refractivity contribution >= 4 is 50.6 Å². The van der Waals surface area contributed by atoms with Crippen molar-refractivity contribution in [2.24, 2.45) is 0 Å². The first-order valence-electron chi connectivity index (χ1n) is 7.97. The summed E-state index contributed by atoms with van der Waals surface area (Å²) >= 11 is 8.54. The summed E-state index contributed by atoms with van der Waals surface area (Å²) in [6.07, 6.45) is 0. The van der Waals surface area contributed by atoms with Crippen LogP contribution >= 0.6 is 28.1 Å². The zero-order valence-electron chi connectivity index (χ0n) is 14.7. The van der Waals surface area contributed by atoms with Crippen LogP contribution in [0.5, 0.6) is 0 Å². The standard InChI is InChI=1S/C18H18BrN3O4S/c1-11-7-13(19)8-12(2)14(11)9-20-18(27)26-10-17(23)21-15-5-3-4-6-16(15)22(24)25/h3-8H,9-10H2,1-2H3,(H,20,27)(H,21,23). The molecule has 0 unspecified atom stereocenters. The zero-order valence-corrected chi connectivity index (χ0v) is 17.1. The number of nitrogens with one attached hydrogen (secondary N) is 2. The molecule has 2 N–H and O–H groups in total. The van der Waals surface area contributed by atoms with Gasteiger partial charge in [-0.05, 0) is 61.0 Å². The van der Waals surface area contributed by atoms with Gasteiger partial charge in [0.2, 0.25) is 0 Å². The number of aryl methyl sites for hydroxylation is 2. The molecule has 2 aromatic rings. The number of nitro groups is 1. The maximum Gasteiger partial charge on any atom is 0.292 e. The van der Waals surface area contributed by atoms with E-state index in [0.29, 0.717) is 6.54 Å². The van der Waals surface area contributed by atoms with Crippen LogP contribution in [0, 0.1) is 24.0 Å². The number of nitro benzene ring substituents is 1. The van der Waals surface area contributed by atoms with E-state index in [0.717, 1.165) is 21.2 Å². The molecule has 0 aliphatic carbocycles. The number of amides is 1. The van der Waals surface area contributed by atoms with Crippen LogP contribution in [-0.4, -0.2) is 22.6 Å². The topological polar surface area (TPSA) is 93.5 Å². The van der Waals surface area contributed by atoms with Crippen molar-refractivity contribution in [3.8, 4) is 0 Å². The number of halogens is 1. The van der Waals surface area contributed by atoms with Crippen molar-refractivity contribution in [3.05, 3.63) is 67.7 Å². The van der Waals surface area contributed by atoms with E-state index in [4.69, 9.17) is 17.0 Å². The van der Waals surface area contributed by atoms with Gasteiger partial charge in [0.05, 0.1) is 4.92 Å². The molecule has 0 radical (unpaired) electrons. The fourth-order valence-electron chi connectivity index (χ4n) is 2.49. The molecule has 0 saturated carbocycles. The summed E-state index contributed by atoms with van der Waals surface area (Å²) in [6.45, 7) is 4.11. The Morgan fingerprint density at radius 3 is 2.52 bits per heavy atom. The molecular formula is C18H18BrN3O4S. The molecular weight excluding hydrogens is 434 g/mol. The number of hydrogen-bond acceptors (Lipinski definition) is 5. The Morgan fingerprint density at radius 1 is 1.26 bits per heavy atom. The molecule has 27 heavy (non-hydrogen) atoms. The normalized spacial score (nSPS) is 10.2. The maximum absolute atomic E-state index is 12.0. The molecule has 0 bridgehead atoms. The number of carbonyl (C=O) groups excluding carboxylic acids is 1. The molecule has 2 rings (SSSR count). The van der Waals surface area contributed by atoms with Gasteiger partial charge in [0.25, 0.3) is 16.8 Å². The van der Waals surface area contributed by atoms with Crippen molar-refractivity contribution in [1.82, 2.24) is 5.32 Å². The van der Waals surface area contributed by atoms with Gasteiger partial charge in [-0.3, -0.25) is 14.9 Å². The third-order valence-corrected chi connectivity index (χ3v) is 4.50. The molecule has 0 aromatic heterocycles. The highest BCUT2D eigenvalue weighted by Gasteiger charge is 2.15. The van der Waals surface area contributed by atoms with Crippen LogP contribution in [0.4, 0.5) is 11.4 Å². The summed E-state index contributed by atoms with van der Waals surface area (Å²) in [5.74, 6) is -0.538. The highest BCUT2D eigenvalue weighted by atomic mass is 79.9. The van der Waals surface area contributed by atoms with Crippen LogP contribution in [0.2, 0.25) is 0 Å². The van der Waals surface area contributed by atoms with Crippen LogP contribution < -0.4 is 10.6 Å². The quantitative estimate of drug-likeness (QED) is 0.391. The largest absolute Gasteiger partial charge is 0.461 e. The number of para-hydroxylation sites is 2. The van der Waals surface area contributed by atoms with Crippen molar-refractivity contribution in [2.75, 3.05) is 11.9 Å². The molecule has 142 valence electrons. The smallest absolute Gasteiger partial charge is 0.292 e. The first kappa shape index (κ1) is 20.8. The Balaban J connectivity index is 1.86. The summed E-state index contributed by atoms with van der Waals surface area (Å²) in [7, 11) is 0. The highest BCUT2D eigenvalue weighted by molar-refractivity contribution is 9.10. The van der Waals surface area contributed by atoms with Gasteiger partial charge >= 0.3 is 0 Å². The molecule has 0 aliphatic heterocycles. The first-order valence-corrected chi connectivity index (χ1v) is 9.17. The minimum absolute atomic E-state index is 0.0782. The van der Waals surface area contributed by atoms with Crippen molar-refractivity contribution < 1.29 is 14.5 Å². The molecule has 0 atom stereocenters. The second-order valence-electron chi connectivity index (χ2n) is 5.77. The lowest BCUT2D eigenvalue weighted by Crippen LogP contribution is -2.28. The Morgan fingerprint density at radius 2 is 1.89 bits per heavy atom. The number of anilines is 1. The Labute approximate surface area is 170 Å². The molecule has 2 aromatic carbocycles. The molecule has 7 nitrogen and oxygen atoms in total. The van der Waals surface area contributed by atoms with Crippen molar-refractivity contribution in [1.29, 1.82) is 0 Å². The number of rotatable bonds is 6. The minimum atomic E-state index is -0.564. The first-order chi connectivity index (χ1) is 12.8. The zero-order chi connectivity index (χ0) is 20.0. The van der Waals surface area contributed by atoms with Crippen LogP contribution in [-0.2, 0) is 16.1 Å². The Bertz CT molecular complexity index is 866. The summed E-state index contributed by atoms with van der Waals surface area (Å²) in [5, 5.41) is 16.4. The molecule has 0 fully saturated rings. The van der Waals surface area contributed by atoms with Gasteiger partial charge < -0.3 is 15.4 Å². The molecule has 9 heteroatoms. The lowest BCUT2D eigenvalue weighted by molar-refractivity contribution is -0.383. The third kappa shape index (κ3) is 6.00. The van der Waals surface area contributed by atoms with Gasteiger partial charge in [-0.15, -0.1) is 0 Å². The van der Waals surface area contributed by atoms with Crippen LogP contribution in [0.25, 0.3) is 0 Å². The number of hydrogen-bond donors (Lipinski definition) is 2. The summed E-state index contributed by atoms with van der Waals surface area (Å²) < 4.78 is 6.24. The Hall–Kier alpha value is -2.52. The van der Waals surface area contributed by atoms with E-state index in [1.54, 1.807) is 6.07 Å². The summed E-state index contributed by atoms with van der Waals surface area (Å²) in [6, 6.07) is 9.90. The predicted molar refractivity (Wildman–Crippen MR) is 111 cm³/mol. The van der Waals surface area contributed by atoms with E-state index in [9.17, 15) is 14.9 Å². The van der Waals surface area contributed by atoms with E-state index in [2.05, 4.69) is 26.6 Å². The number of nitrogens with zero attached hydrogens (tertiary/aromatic N) is 1. The van der Waals surface area contributed by atoms with E-state index < -0.39 is 10.8 Å². The minimum Gasteiger partial charge on any atom is -0.461 e. The van der Waals surface area contributed by atoms with Gasteiger partial charge in [-0.1, -0.05) is 28.1 Å². The second-order valence-corrected chi connectivity index (χ2v) is 7.06. The van der Waals surface area contributed by atoms with E-state index >= 15 is 0 Å². The Kier molecular flexibility index (Phi) is 7.26. The summed E-state index contributed by atoms with van der Waals surface area (Å²) in [4.78, 5) is 22.4. The van der Waals surface area contributed by atoms with Gasteiger partial charge in [0.1, 0.15) is 5.69 Å². The van der Waals surface area contributed by atoms with E-state index in [1.165, 1.54) is 18.2 Å². The molecule has 0 heterocycles. The predicted octanol–water partition coefficient (Wildman–Crippen LogP) is 4.00. The lowest BCUT2D eigenvalue weighted by Gasteiger charge is -2.14. The summed E-state index contributed by atoms with van der Waals surface area (Å²) in [5.41, 5.74) is 3.22. The molecule has 0 saturated heterocycles. The van der Waals surface area contributed by atoms with Gasteiger partial charge in [-0.25, -0.2) is 0 Å². The monoisotopic (exact) mass is 451 g/mol. The average Bonchev–Trinajstić information content (AvgIpc) is 2.59. The lowest BCUT2D eigenvalue weighted by atomic mass is 10.0. The molecule has 0 spiro atoms. The number of benzene rings is 2. The van der Waals surface area contributed by atoms with Gasteiger partial charge in [-0.2, -0.15) is 0 Å². The third-order valence-electron chi connectivity index (χ3n) is 3.78. The molecule has 0 aliphatic rings. The van der Waals surface area contributed by atoms with Gasteiger partial charge in [0, 0.05) is 17.1 Å². The van der Waals surface area contributed by atoms with Crippen LogP contribution in [0.15, 0.2) is 40.9 Å². The fourth-order valence-corrected chi connectivity index (χ4v) is 3.30. The average molecular weight is 452 g/mol. The van der Waals surface area contributed by atoms with Crippen LogP contribution in [0.3, 0.4) is 0 Å². The molecule has 1 amide bonds. The number of thiocarbonyl (C=S) groups is 1. The fraction of sp³-hybridized carbons (Fsp3) is 0.222. The second kappa shape index (κ2) is 9.43. The van der Waals surface area contributed by atoms with Crippen molar-refractivity contribution in [2.45, 2.75) is 20.4 Å². The highest BCUT2D eigenvalue weighted by Crippen LogP contribution is 2.23. The SMILES string of the molecule is Cc1cc(Br)cc(C)c1CNC(=S)OCC(=O)Nc1ccccc1[N+](=O)[O-]. The van der Waals surface area contributed by atoms with E-state index in [-0.39, 0.29) is 23.2 Å². The van der Waals surface area contributed by atoms with Crippen LogP contribution in [0.1, 0.15) is 16.7 Å².